The van der Waals surface area contributed by atoms with Crippen LogP contribution in [0.5, 0.6) is 0 Å². The first-order valence-corrected chi connectivity index (χ1v) is 16.8. The van der Waals surface area contributed by atoms with Crippen molar-refractivity contribution < 1.29 is 19.1 Å². The molecular weight excluding hydrogens is 578 g/mol. The van der Waals surface area contributed by atoms with Gasteiger partial charge in [0.15, 0.2) is 0 Å². The number of nitrogens with one attached hydrogen (secondary N) is 2. The summed E-state index contributed by atoms with van der Waals surface area (Å²) in [5.74, 6) is -0.843. The van der Waals surface area contributed by atoms with Crippen molar-refractivity contribution in [3.63, 3.8) is 0 Å². The highest BCUT2D eigenvalue weighted by Crippen LogP contribution is 2.35. The Labute approximate surface area is 273 Å². The van der Waals surface area contributed by atoms with E-state index in [0.717, 1.165) is 93.0 Å². The summed E-state index contributed by atoms with van der Waals surface area (Å²) in [6.07, 6.45) is 5.71. The Hall–Kier alpha value is -3.82. The third kappa shape index (κ3) is 8.12. The first kappa shape index (κ1) is 33.5. The normalized spacial score (nSPS) is 22.1. The number of rotatable bonds is 10. The number of amides is 3. The molecule has 1 saturated heterocycles. The molecule has 9 nitrogen and oxygen atoms in total. The van der Waals surface area contributed by atoms with Gasteiger partial charge in [0.25, 0.3) is 11.8 Å². The van der Waals surface area contributed by atoms with Crippen molar-refractivity contribution in [3.8, 4) is 11.1 Å². The van der Waals surface area contributed by atoms with Crippen LogP contribution in [-0.4, -0.2) is 79.8 Å². The first-order chi connectivity index (χ1) is 22.1. The number of dihydropyridines is 1. The van der Waals surface area contributed by atoms with Gasteiger partial charge in [0.2, 0.25) is 5.91 Å². The van der Waals surface area contributed by atoms with Crippen LogP contribution in [0.1, 0.15) is 74.9 Å². The number of carbonyl (C=O) groups is 3. The number of carbonyl (C=O) groups excluding carboxylic acids is 3. The zero-order chi connectivity index (χ0) is 32.8. The van der Waals surface area contributed by atoms with Crippen LogP contribution >= 0.6 is 0 Å². The fourth-order valence-corrected chi connectivity index (χ4v) is 7.11. The standard InChI is InChI=1S/C37H49N5O4/c1-6-42(32-13-11-31(12-14-32)40-27(5)43)35-21-30(29-9-7-28(8-10-29)23-41-15-17-46-18-16-41)20-33(26(35)4)36(44)38-22-34-24(2)19-25(3)39-37(34)45/h7-10,19-21,31-32,34H,6,11-18,22-23H2,1-5H3,(H,38,44)(H,40,43). The van der Waals surface area contributed by atoms with E-state index in [1.165, 1.54) is 5.56 Å². The molecule has 2 aromatic carbocycles. The van der Waals surface area contributed by atoms with E-state index in [-0.39, 0.29) is 30.3 Å². The Morgan fingerprint density at radius 2 is 1.70 bits per heavy atom. The second-order valence-electron chi connectivity index (χ2n) is 13.0. The lowest BCUT2D eigenvalue weighted by Crippen LogP contribution is -2.44. The first-order valence-electron chi connectivity index (χ1n) is 16.8. The van der Waals surface area contributed by atoms with E-state index in [1.54, 1.807) is 6.92 Å². The monoisotopic (exact) mass is 627 g/mol. The van der Waals surface area contributed by atoms with Crippen molar-refractivity contribution >= 4 is 29.1 Å². The third-order valence-electron chi connectivity index (χ3n) is 9.65. The summed E-state index contributed by atoms with van der Waals surface area (Å²) < 4.78 is 5.50. The van der Waals surface area contributed by atoms with Crippen LogP contribution in [0.2, 0.25) is 0 Å². The van der Waals surface area contributed by atoms with Crippen LogP contribution in [0, 0.1) is 12.8 Å². The quantitative estimate of drug-likeness (QED) is 0.382. The van der Waals surface area contributed by atoms with E-state index in [2.05, 4.69) is 62.7 Å². The predicted octanol–water partition coefficient (Wildman–Crippen LogP) is 5.06. The molecule has 1 unspecified atom stereocenters. The molecule has 2 aliphatic heterocycles. The largest absolute Gasteiger partial charge is 0.379 e. The molecule has 9 heteroatoms. The van der Waals surface area contributed by atoms with E-state index < -0.39 is 5.92 Å². The molecule has 2 N–H and O–H groups in total. The molecule has 0 aromatic heterocycles. The topological polar surface area (TPSA) is 103 Å². The van der Waals surface area contributed by atoms with Gasteiger partial charge in [-0.15, -0.1) is 0 Å². The maximum atomic E-state index is 13.9. The van der Waals surface area contributed by atoms with Gasteiger partial charge in [-0.2, -0.15) is 0 Å². The maximum absolute atomic E-state index is 13.9. The van der Waals surface area contributed by atoms with Gasteiger partial charge in [0.05, 0.1) is 19.1 Å². The van der Waals surface area contributed by atoms with E-state index in [9.17, 15) is 14.4 Å². The van der Waals surface area contributed by atoms with Crippen LogP contribution in [0.4, 0.5) is 5.69 Å². The van der Waals surface area contributed by atoms with Gasteiger partial charge in [-0.25, -0.2) is 4.99 Å². The van der Waals surface area contributed by atoms with Crippen molar-refractivity contribution in [2.45, 2.75) is 78.9 Å². The predicted molar refractivity (Wildman–Crippen MR) is 183 cm³/mol. The van der Waals surface area contributed by atoms with Crippen molar-refractivity contribution in [3.05, 3.63) is 64.7 Å². The van der Waals surface area contributed by atoms with Crippen molar-refractivity contribution in [1.82, 2.24) is 15.5 Å². The van der Waals surface area contributed by atoms with E-state index in [4.69, 9.17) is 4.74 Å². The summed E-state index contributed by atoms with van der Waals surface area (Å²) in [4.78, 5) is 47.1. The molecule has 1 saturated carbocycles. The van der Waals surface area contributed by atoms with Gasteiger partial charge in [0.1, 0.15) is 0 Å². The summed E-state index contributed by atoms with van der Waals surface area (Å²) in [5.41, 5.74) is 7.48. The molecule has 246 valence electrons. The van der Waals surface area contributed by atoms with Gasteiger partial charge in [0, 0.05) is 68.7 Å². The van der Waals surface area contributed by atoms with Crippen molar-refractivity contribution in [2.75, 3.05) is 44.3 Å². The van der Waals surface area contributed by atoms with Crippen LogP contribution < -0.4 is 15.5 Å². The highest BCUT2D eigenvalue weighted by atomic mass is 16.5. The molecule has 46 heavy (non-hydrogen) atoms. The highest BCUT2D eigenvalue weighted by Gasteiger charge is 2.29. The van der Waals surface area contributed by atoms with E-state index >= 15 is 0 Å². The molecule has 0 bridgehead atoms. The molecule has 3 amide bonds. The van der Waals surface area contributed by atoms with Gasteiger partial charge in [-0.3, -0.25) is 19.3 Å². The Kier molecular flexibility index (Phi) is 11.1. The molecule has 3 aliphatic rings. The van der Waals surface area contributed by atoms with E-state index in [1.807, 2.05) is 32.9 Å². The Morgan fingerprint density at radius 1 is 1.00 bits per heavy atom. The number of hydrogen-bond donors (Lipinski definition) is 2. The van der Waals surface area contributed by atoms with Gasteiger partial charge in [-0.1, -0.05) is 29.8 Å². The van der Waals surface area contributed by atoms with Crippen LogP contribution in [0.15, 0.2) is 53.0 Å². The summed E-state index contributed by atoms with van der Waals surface area (Å²) in [5, 5.41) is 6.15. The summed E-state index contributed by atoms with van der Waals surface area (Å²) in [6, 6.07) is 13.4. The SMILES string of the molecule is CCN(c1cc(-c2ccc(CN3CCOCC3)cc2)cc(C(=O)NCC2C(=O)N=C(C)C=C2C)c1C)C1CCC(NC(C)=O)CC1. The molecule has 2 heterocycles. The van der Waals surface area contributed by atoms with Crippen LogP contribution in [0.25, 0.3) is 11.1 Å². The zero-order valence-corrected chi connectivity index (χ0v) is 28.0. The lowest BCUT2D eigenvalue weighted by Gasteiger charge is -2.39. The summed E-state index contributed by atoms with van der Waals surface area (Å²) in [6.45, 7) is 14.8. The zero-order valence-electron chi connectivity index (χ0n) is 28.0. The smallest absolute Gasteiger partial charge is 0.254 e. The molecule has 0 radical (unpaired) electrons. The number of benzene rings is 2. The number of hydrogen-bond acceptors (Lipinski definition) is 6. The molecular formula is C37H49N5O4. The third-order valence-corrected chi connectivity index (χ3v) is 9.65. The summed E-state index contributed by atoms with van der Waals surface area (Å²) >= 11 is 0. The van der Waals surface area contributed by atoms with E-state index in [0.29, 0.717) is 17.3 Å². The fraction of sp³-hybridized carbons (Fsp3) is 0.514. The van der Waals surface area contributed by atoms with Crippen molar-refractivity contribution in [2.24, 2.45) is 10.9 Å². The molecule has 2 fully saturated rings. The minimum atomic E-state index is -0.458. The average molecular weight is 628 g/mol. The van der Waals surface area contributed by atoms with Gasteiger partial charge in [-0.05, 0) is 93.8 Å². The lowest BCUT2D eigenvalue weighted by atomic mass is 9.88. The number of morpholine rings is 1. The average Bonchev–Trinajstić information content (AvgIpc) is 3.03. The van der Waals surface area contributed by atoms with Crippen LogP contribution in [0.3, 0.4) is 0 Å². The maximum Gasteiger partial charge on any atom is 0.254 e. The Bertz CT molecular complexity index is 1480. The lowest BCUT2D eigenvalue weighted by molar-refractivity contribution is -0.121. The molecule has 5 rings (SSSR count). The second-order valence-corrected chi connectivity index (χ2v) is 13.0. The minimum Gasteiger partial charge on any atom is -0.379 e. The molecule has 1 atom stereocenters. The minimum absolute atomic E-state index is 0.0218. The highest BCUT2D eigenvalue weighted by molar-refractivity contribution is 6.06. The second kappa shape index (κ2) is 15.2. The number of aliphatic imine (C=N–C) groups is 1. The number of anilines is 1. The number of ether oxygens (including phenoxy) is 1. The van der Waals surface area contributed by atoms with Crippen LogP contribution in [-0.2, 0) is 20.9 Å². The van der Waals surface area contributed by atoms with Gasteiger partial charge < -0.3 is 20.3 Å². The fourth-order valence-electron chi connectivity index (χ4n) is 7.11. The van der Waals surface area contributed by atoms with Gasteiger partial charge >= 0.3 is 0 Å². The van der Waals surface area contributed by atoms with Crippen molar-refractivity contribution in [1.29, 1.82) is 0 Å². The number of nitrogens with zero attached hydrogens (tertiary/aromatic N) is 3. The Morgan fingerprint density at radius 3 is 2.33 bits per heavy atom. The molecule has 2 aromatic rings. The Balaban J connectivity index is 1.42. The molecule has 1 aliphatic carbocycles. The summed E-state index contributed by atoms with van der Waals surface area (Å²) in [7, 11) is 0. The molecule has 0 spiro atoms. The number of allylic oxidation sites excluding steroid dienone is 1.